The van der Waals surface area contributed by atoms with E-state index in [9.17, 15) is 64.7 Å². The Hall–Kier alpha value is -7.48. The van der Waals surface area contributed by atoms with Gasteiger partial charge in [-0.3, -0.25) is 28.8 Å². The lowest BCUT2D eigenvalue weighted by atomic mass is 9.90. The smallest absolute Gasteiger partial charge is 0.350 e. The minimum Gasteiger partial charge on any atom is -0.350 e. The summed E-state index contributed by atoms with van der Waals surface area (Å²) >= 11 is 3.13. The summed E-state index contributed by atoms with van der Waals surface area (Å²) in [6.07, 6.45) is 0.394. The van der Waals surface area contributed by atoms with Crippen molar-refractivity contribution >= 4 is 82.4 Å². The van der Waals surface area contributed by atoms with E-state index in [4.69, 9.17) is 0 Å². The van der Waals surface area contributed by atoms with E-state index in [1.165, 1.54) is 0 Å². The molecule has 10 amide bonds. The van der Waals surface area contributed by atoms with Crippen LogP contribution in [0, 0.1) is 0 Å². The molecule has 2 aliphatic carbocycles. The van der Waals surface area contributed by atoms with Crippen molar-refractivity contribution in [1.82, 2.24) is 42.5 Å². The van der Waals surface area contributed by atoms with Gasteiger partial charge in [0.1, 0.15) is 0 Å². The van der Waals surface area contributed by atoms with E-state index in [1.54, 1.807) is 75.5 Å². The molecule has 0 unspecified atom stereocenters. The van der Waals surface area contributed by atoms with Gasteiger partial charge in [0.2, 0.25) is 11.8 Å². The number of alkyl halides is 6. The number of rotatable bonds is 18. The van der Waals surface area contributed by atoms with Crippen molar-refractivity contribution in [1.29, 1.82) is 0 Å². The molecule has 4 atom stereocenters. The Kier molecular flexibility index (Phi) is 24.3. The molecule has 444 valence electrons. The molecule has 0 saturated heterocycles. The van der Waals surface area contributed by atoms with E-state index in [1.807, 2.05) is 36.8 Å². The quantitative estimate of drug-likeness (QED) is 0.0334. The van der Waals surface area contributed by atoms with E-state index < -0.39 is 83.4 Å². The van der Waals surface area contributed by atoms with Gasteiger partial charge in [-0.05, 0) is 151 Å². The number of anilines is 2. The van der Waals surface area contributed by atoms with Crippen LogP contribution in [-0.4, -0.2) is 109 Å². The molecule has 0 spiro atoms. The number of amides is 10. The van der Waals surface area contributed by atoms with Gasteiger partial charge in [-0.15, -0.1) is 23.5 Å². The zero-order chi connectivity index (χ0) is 60.3. The molecule has 10 N–H and O–H groups in total. The third-order valence-corrected chi connectivity index (χ3v) is 14.4. The molecule has 4 aromatic carbocycles. The normalized spacial score (nSPS) is 17.0. The second-order valence-electron chi connectivity index (χ2n) is 19.9. The average molecular weight is 1190 g/mol. The van der Waals surface area contributed by atoms with Crippen molar-refractivity contribution in [3.63, 3.8) is 0 Å². The summed E-state index contributed by atoms with van der Waals surface area (Å²) in [6.45, 7) is 5.76. The Morgan fingerprint density at radius 1 is 0.463 bits per heavy atom. The molecule has 0 aliphatic heterocycles. The Morgan fingerprint density at radius 3 is 1.07 bits per heavy atom. The molecule has 2 aliphatic rings. The largest absolute Gasteiger partial charge is 0.416 e. The second-order valence-corrected chi connectivity index (χ2v) is 21.7. The number of benzene rings is 4. The standard InChI is InChI=1S/2C28H34F3N5O4S/c2*1-16(2)33-27(40)36-21-13-10-18(28(29,30)31)14-20(21)26(39)32-15-24(37)34-22-6-4-5-7-23(22)35-25(38)17-8-11-19(41-3)12-9-17/h2*8-14,16,22-23H,4-7,15H2,1-3H3,(H,32,39)(H,34,37)(H,35,38)(H2,33,36,40)/t2*22-,23+/m00/s1. The molecular formula is C56H68F6N10O8S2. The summed E-state index contributed by atoms with van der Waals surface area (Å²) in [6, 6.07) is 15.8. The second kappa shape index (κ2) is 30.5. The predicted molar refractivity (Wildman–Crippen MR) is 302 cm³/mol. The van der Waals surface area contributed by atoms with Crippen LogP contribution < -0.4 is 53.2 Å². The Bertz CT molecular complexity index is 2700. The number of urea groups is 2. The molecule has 2 fully saturated rings. The molecule has 6 rings (SSSR count). The van der Waals surface area contributed by atoms with Gasteiger partial charge < -0.3 is 53.2 Å². The number of halogens is 6. The fraction of sp³-hybridized carbons (Fsp3) is 0.429. The van der Waals surface area contributed by atoms with Gasteiger partial charge >= 0.3 is 24.4 Å². The van der Waals surface area contributed by atoms with Gasteiger partial charge in [0.25, 0.3) is 23.6 Å². The van der Waals surface area contributed by atoms with Crippen LogP contribution in [0.1, 0.15) is 132 Å². The van der Waals surface area contributed by atoms with Crippen LogP contribution in [0.3, 0.4) is 0 Å². The number of nitrogens with one attached hydrogen (secondary N) is 10. The van der Waals surface area contributed by atoms with Crippen molar-refractivity contribution in [3.8, 4) is 0 Å². The lowest BCUT2D eigenvalue weighted by Crippen LogP contribution is -2.54. The van der Waals surface area contributed by atoms with Gasteiger partial charge in [0.15, 0.2) is 0 Å². The summed E-state index contributed by atoms with van der Waals surface area (Å²) in [5.41, 5.74) is -2.33. The van der Waals surface area contributed by atoms with Crippen LogP contribution in [0.5, 0.6) is 0 Å². The predicted octanol–water partition coefficient (Wildman–Crippen LogP) is 9.09. The molecule has 0 radical (unpaired) electrons. The Balaban J connectivity index is 0.000000301. The summed E-state index contributed by atoms with van der Waals surface area (Å²) < 4.78 is 79.9. The van der Waals surface area contributed by atoms with E-state index >= 15 is 0 Å². The molecule has 0 aromatic heterocycles. The monoisotopic (exact) mass is 1190 g/mol. The molecular weight excluding hydrogens is 1120 g/mol. The topological polar surface area (TPSA) is 257 Å². The van der Waals surface area contributed by atoms with Gasteiger partial charge in [-0.1, -0.05) is 25.7 Å². The van der Waals surface area contributed by atoms with Gasteiger partial charge in [0.05, 0.1) is 46.7 Å². The highest BCUT2D eigenvalue weighted by Gasteiger charge is 2.35. The third-order valence-electron chi connectivity index (χ3n) is 12.9. The minimum absolute atomic E-state index is 0.144. The maximum absolute atomic E-state index is 13.3. The van der Waals surface area contributed by atoms with Crippen LogP contribution in [0.2, 0.25) is 0 Å². The molecule has 26 heteroatoms. The molecule has 0 heterocycles. The maximum atomic E-state index is 13.3. The number of hydrogen-bond acceptors (Lipinski definition) is 10. The third kappa shape index (κ3) is 20.5. The van der Waals surface area contributed by atoms with Crippen LogP contribution in [0.4, 0.5) is 47.3 Å². The minimum atomic E-state index is -4.72. The number of carbonyl (C=O) groups is 8. The molecule has 0 bridgehead atoms. The van der Waals surface area contributed by atoms with Gasteiger partial charge in [0, 0.05) is 57.2 Å². The van der Waals surface area contributed by atoms with Gasteiger partial charge in [-0.25, -0.2) is 9.59 Å². The zero-order valence-electron chi connectivity index (χ0n) is 46.0. The van der Waals surface area contributed by atoms with Crippen LogP contribution in [0.15, 0.2) is 94.7 Å². The molecule has 2 saturated carbocycles. The zero-order valence-corrected chi connectivity index (χ0v) is 47.6. The SMILES string of the molecule is CSc1ccc(C(=O)N[C@@H]2CCCC[C@@H]2NC(=O)CNC(=O)c2cc(C(F)(F)F)ccc2NC(=O)NC(C)C)cc1.CSc1ccc(C(=O)N[C@@H]2CCCC[C@@H]2NC(=O)CNC(=O)c2cc(C(F)(F)F)ccc2NC(=O)NC(C)C)cc1. The highest BCUT2D eigenvalue weighted by Crippen LogP contribution is 2.34. The van der Waals surface area contributed by atoms with Crippen molar-refractivity contribution in [2.75, 3.05) is 36.2 Å². The van der Waals surface area contributed by atoms with Crippen LogP contribution in [0.25, 0.3) is 0 Å². The van der Waals surface area contributed by atoms with E-state index in [0.29, 0.717) is 48.9 Å². The first-order valence-electron chi connectivity index (χ1n) is 26.4. The van der Waals surface area contributed by atoms with Gasteiger partial charge in [-0.2, -0.15) is 26.3 Å². The molecule has 4 aromatic rings. The molecule has 82 heavy (non-hydrogen) atoms. The fourth-order valence-electron chi connectivity index (χ4n) is 8.84. The van der Waals surface area contributed by atoms with Crippen molar-refractivity contribution in [2.24, 2.45) is 0 Å². The maximum Gasteiger partial charge on any atom is 0.416 e. The fourth-order valence-corrected chi connectivity index (χ4v) is 9.66. The average Bonchev–Trinajstić information content (AvgIpc) is 3.54. The highest BCUT2D eigenvalue weighted by molar-refractivity contribution is 7.98. The van der Waals surface area contributed by atoms with Crippen LogP contribution in [-0.2, 0) is 21.9 Å². The summed E-state index contributed by atoms with van der Waals surface area (Å²) in [5.74, 6) is -3.58. The first-order chi connectivity index (χ1) is 38.7. The first kappa shape index (κ1) is 65.3. The number of hydrogen-bond donors (Lipinski definition) is 10. The molecule has 18 nitrogen and oxygen atoms in total. The van der Waals surface area contributed by atoms with Crippen LogP contribution >= 0.6 is 23.5 Å². The Morgan fingerprint density at radius 2 is 0.780 bits per heavy atom. The lowest BCUT2D eigenvalue weighted by molar-refractivity contribution is -0.138. The van der Waals surface area contributed by atoms with Crippen molar-refractivity contribution in [2.45, 2.75) is 137 Å². The summed E-state index contributed by atoms with van der Waals surface area (Å²) in [5, 5.41) is 26.1. The number of thioether (sulfide) groups is 2. The Labute approximate surface area is 479 Å². The highest BCUT2D eigenvalue weighted by atomic mass is 32.2. The summed E-state index contributed by atoms with van der Waals surface area (Å²) in [7, 11) is 0. The van der Waals surface area contributed by atoms with Crippen molar-refractivity contribution < 1.29 is 64.7 Å². The van der Waals surface area contributed by atoms with E-state index in [2.05, 4.69) is 53.2 Å². The first-order valence-corrected chi connectivity index (χ1v) is 28.8. The van der Waals surface area contributed by atoms with Crippen molar-refractivity contribution in [3.05, 3.63) is 118 Å². The number of carbonyl (C=O) groups excluding carboxylic acids is 8. The summed E-state index contributed by atoms with van der Waals surface area (Å²) in [4.78, 5) is 103. The van der Waals surface area contributed by atoms with E-state index in [-0.39, 0.29) is 59.4 Å². The lowest BCUT2D eigenvalue weighted by Gasteiger charge is -2.33. The van der Waals surface area contributed by atoms with E-state index in [0.717, 1.165) is 59.7 Å².